The lowest BCUT2D eigenvalue weighted by Crippen LogP contribution is -2.35. The quantitative estimate of drug-likeness (QED) is 0.324. The van der Waals surface area contributed by atoms with E-state index in [1.165, 1.54) is 6.20 Å². The van der Waals surface area contributed by atoms with Crippen molar-refractivity contribution in [2.45, 2.75) is 32.1 Å². The lowest BCUT2D eigenvalue weighted by Gasteiger charge is -2.28. The van der Waals surface area contributed by atoms with Gasteiger partial charge in [0.05, 0.1) is 16.0 Å². The molecule has 0 atom stereocenters. The highest BCUT2D eigenvalue weighted by Gasteiger charge is 2.33. The van der Waals surface area contributed by atoms with Gasteiger partial charge in [0.15, 0.2) is 0 Å². The van der Waals surface area contributed by atoms with Gasteiger partial charge in [-0.3, -0.25) is 19.2 Å². The molecule has 0 saturated heterocycles. The van der Waals surface area contributed by atoms with E-state index in [1.54, 1.807) is 68.4 Å². The molecule has 0 bridgehead atoms. The number of pyridine rings is 1. The third-order valence-electron chi connectivity index (χ3n) is 7.45. The molecule has 2 aromatic heterocycles. The molecular weight excluding hydrogens is 562 g/mol. The van der Waals surface area contributed by atoms with E-state index in [4.69, 9.17) is 20.8 Å². The summed E-state index contributed by atoms with van der Waals surface area (Å²) >= 11 is 5.92. The van der Waals surface area contributed by atoms with Gasteiger partial charge in [-0.2, -0.15) is 0 Å². The summed E-state index contributed by atoms with van der Waals surface area (Å²) in [6.45, 7) is 0.952. The van der Waals surface area contributed by atoms with Crippen LogP contribution in [0.15, 0.2) is 40.9 Å². The van der Waals surface area contributed by atoms with Gasteiger partial charge in [0.1, 0.15) is 17.1 Å². The Morgan fingerprint density at radius 3 is 2.38 bits per heavy atom. The molecule has 2 heterocycles. The third kappa shape index (κ3) is 7.08. The number of amides is 4. The largest absolute Gasteiger partial charge is 0.449 e. The molecule has 1 aromatic carbocycles. The fourth-order valence-corrected chi connectivity index (χ4v) is 5.29. The van der Waals surface area contributed by atoms with Crippen molar-refractivity contribution in [2.24, 2.45) is 11.8 Å². The van der Waals surface area contributed by atoms with Gasteiger partial charge in [-0.05, 0) is 56.4 Å². The SMILES string of the molecule is COCCCN(C)C(=O)c1cccc2oc(C(=O)Nc3ccc(Cl)cn3)c(NC(=O)[C@H]3CC[C@H](C(=O)N(C)C)CC3)c12. The first-order chi connectivity index (χ1) is 20.1. The normalized spacial score (nSPS) is 16.6. The molecule has 4 amide bonds. The Hall–Kier alpha value is -3.96. The van der Waals surface area contributed by atoms with E-state index in [2.05, 4.69) is 15.6 Å². The summed E-state index contributed by atoms with van der Waals surface area (Å²) < 4.78 is 11.1. The minimum absolute atomic E-state index is 0.0576. The van der Waals surface area contributed by atoms with Gasteiger partial charge < -0.3 is 29.6 Å². The first kappa shape index (κ1) is 31.0. The van der Waals surface area contributed by atoms with Crippen LogP contribution in [0.25, 0.3) is 11.0 Å². The Labute approximate surface area is 249 Å². The average molecular weight is 598 g/mol. The first-order valence-corrected chi connectivity index (χ1v) is 14.2. The number of halogens is 1. The fourth-order valence-electron chi connectivity index (χ4n) is 5.17. The summed E-state index contributed by atoms with van der Waals surface area (Å²) in [5.74, 6) is -1.59. The molecular formula is C30H36ClN5O6. The lowest BCUT2D eigenvalue weighted by molar-refractivity contribution is -0.135. The fraction of sp³-hybridized carbons (Fsp3) is 0.433. The van der Waals surface area contributed by atoms with Crippen molar-refractivity contribution in [2.75, 3.05) is 52.0 Å². The molecule has 1 saturated carbocycles. The number of anilines is 2. The Kier molecular flexibility index (Phi) is 10.2. The van der Waals surface area contributed by atoms with Gasteiger partial charge in [-0.15, -0.1) is 0 Å². The van der Waals surface area contributed by atoms with Crippen molar-refractivity contribution in [3.05, 3.63) is 52.9 Å². The molecule has 12 heteroatoms. The number of ether oxygens (including phenoxy) is 1. The van der Waals surface area contributed by atoms with Crippen molar-refractivity contribution in [3.8, 4) is 0 Å². The van der Waals surface area contributed by atoms with Crippen LogP contribution in [-0.2, 0) is 14.3 Å². The van der Waals surface area contributed by atoms with Crippen molar-refractivity contribution < 1.29 is 28.3 Å². The van der Waals surface area contributed by atoms with E-state index in [0.29, 0.717) is 55.7 Å². The van der Waals surface area contributed by atoms with E-state index in [-0.39, 0.29) is 58.0 Å². The van der Waals surface area contributed by atoms with E-state index < -0.39 is 5.91 Å². The van der Waals surface area contributed by atoms with Gasteiger partial charge >= 0.3 is 0 Å². The molecule has 4 rings (SSSR count). The van der Waals surface area contributed by atoms with Crippen LogP contribution in [0.3, 0.4) is 0 Å². The molecule has 42 heavy (non-hydrogen) atoms. The minimum Gasteiger partial charge on any atom is -0.449 e. The number of nitrogens with zero attached hydrogens (tertiary/aromatic N) is 3. The summed E-state index contributed by atoms with van der Waals surface area (Å²) in [4.78, 5) is 60.2. The zero-order valence-electron chi connectivity index (χ0n) is 24.2. The second-order valence-electron chi connectivity index (χ2n) is 10.6. The topological polar surface area (TPSA) is 134 Å². The highest BCUT2D eigenvalue weighted by Crippen LogP contribution is 2.37. The predicted octanol–water partition coefficient (Wildman–Crippen LogP) is 4.68. The zero-order chi connectivity index (χ0) is 30.4. The van der Waals surface area contributed by atoms with E-state index in [9.17, 15) is 19.2 Å². The van der Waals surface area contributed by atoms with Crippen molar-refractivity contribution in [3.63, 3.8) is 0 Å². The minimum atomic E-state index is -0.650. The first-order valence-electron chi connectivity index (χ1n) is 13.9. The molecule has 1 fully saturated rings. The van der Waals surface area contributed by atoms with E-state index in [0.717, 1.165) is 0 Å². The predicted molar refractivity (Wildman–Crippen MR) is 160 cm³/mol. The molecule has 0 spiro atoms. The molecule has 1 aliphatic rings. The van der Waals surface area contributed by atoms with Crippen molar-refractivity contribution in [1.82, 2.24) is 14.8 Å². The highest BCUT2D eigenvalue weighted by atomic mass is 35.5. The van der Waals surface area contributed by atoms with Gasteiger partial charge in [0.2, 0.25) is 17.6 Å². The summed E-state index contributed by atoms with van der Waals surface area (Å²) in [6.07, 6.45) is 4.27. The van der Waals surface area contributed by atoms with E-state index >= 15 is 0 Å². The van der Waals surface area contributed by atoms with Crippen LogP contribution in [0.5, 0.6) is 0 Å². The second-order valence-corrected chi connectivity index (χ2v) is 11.1. The Morgan fingerprint density at radius 1 is 1.02 bits per heavy atom. The smallest absolute Gasteiger partial charge is 0.294 e. The van der Waals surface area contributed by atoms with Crippen molar-refractivity contribution in [1.29, 1.82) is 0 Å². The number of hydrogen-bond acceptors (Lipinski definition) is 7. The molecule has 224 valence electrons. The third-order valence-corrected chi connectivity index (χ3v) is 7.67. The molecule has 2 N–H and O–H groups in total. The Bertz CT molecular complexity index is 1450. The lowest BCUT2D eigenvalue weighted by atomic mass is 9.81. The standard InChI is InChI=1S/C30H36ClN5O6/c1-35(2)29(39)19-11-9-18(10-12-19)27(37)34-25-24-21(30(40)36(3)15-6-16-41-4)7-5-8-22(24)42-26(25)28(38)33-23-14-13-20(31)17-32-23/h5,7-8,13-14,17-19H,6,9-12,15-16H2,1-4H3,(H,34,37)(H,32,33,38)/t18-,19-. The number of nitrogens with one attached hydrogen (secondary N) is 2. The number of hydrogen-bond donors (Lipinski definition) is 2. The summed E-state index contributed by atoms with van der Waals surface area (Å²) in [5.41, 5.74) is 0.675. The number of rotatable bonds is 10. The van der Waals surface area contributed by atoms with Crippen LogP contribution >= 0.6 is 11.6 Å². The number of methoxy groups -OCH3 is 1. The molecule has 1 aliphatic carbocycles. The Morgan fingerprint density at radius 2 is 1.74 bits per heavy atom. The van der Waals surface area contributed by atoms with Crippen LogP contribution in [0.2, 0.25) is 5.02 Å². The number of benzene rings is 1. The maximum Gasteiger partial charge on any atom is 0.294 e. The van der Waals surface area contributed by atoms with Crippen LogP contribution in [0.4, 0.5) is 11.5 Å². The van der Waals surface area contributed by atoms with Crippen LogP contribution in [0.1, 0.15) is 53.0 Å². The van der Waals surface area contributed by atoms with Crippen molar-refractivity contribution >= 4 is 57.7 Å². The molecule has 0 unspecified atom stereocenters. The van der Waals surface area contributed by atoms with Gasteiger partial charge in [0.25, 0.3) is 11.8 Å². The van der Waals surface area contributed by atoms with Gasteiger partial charge in [0, 0.05) is 59.4 Å². The van der Waals surface area contributed by atoms with Crippen LogP contribution < -0.4 is 10.6 Å². The zero-order valence-corrected chi connectivity index (χ0v) is 25.0. The Balaban J connectivity index is 1.67. The van der Waals surface area contributed by atoms with Gasteiger partial charge in [-0.25, -0.2) is 4.98 Å². The van der Waals surface area contributed by atoms with Gasteiger partial charge in [-0.1, -0.05) is 17.7 Å². The summed E-state index contributed by atoms with van der Waals surface area (Å²) in [6, 6.07) is 8.07. The van der Waals surface area contributed by atoms with Crippen LogP contribution in [-0.4, -0.2) is 79.8 Å². The monoisotopic (exact) mass is 597 g/mol. The highest BCUT2D eigenvalue weighted by molar-refractivity contribution is 6.30. The maximum absolute atomic E-state index is 13.6. The average Bonchev–Trinajstić information content (AvgIpc) is 3.36. The molecule has 11 nitrogen and oxygen atoms in total. The van der Waals surface area contributed by atoms with Crippen LogP contribution in [0, 0.1) is 11.8 Å². The summed E-state index contributed by atoms with van der Waals surface area (Å²) in [7, 11) is 6.74. The molecule has 0 aliphatic heterocycles. The number of fused-ring (bicyclic) bond motifs is 1. The van der Waals surface area contributed by atoms with E-state index in [1.807, 2.05) is 0 Å². The number of carbonyl (C=O) groups excluding carboxylic acids is 4. The number of carbonyl (C=O) groups is 4. The number of aromatic nitrogens is 1. The number of furan rings is 1. The summed E-state index contributed by atoms with van der Waals surface area (Å²) in [5, 5.41) is 6.32. The molecule has 3 aromatic rings. The maximum atomic E-state index is 13.6. The second kappa shape index (κ2) is 13.8. The molecule has 0 radical (unpaired) electrons.